The van der Waals surface area contributed by atoms with Crippen LogP contribution >= 0.6 is 23.1 Å². The summed E-state index contributed by atoms with van der Waals surface area (Å²) in [6.07, 6.45) is 1.65. The highest BCUT2D eigenvalue weighted by Crippen LogP contribution is 2.26. The normalized spacial score (nSPS) is 10.6. The lowest BCUT2D eigenvalue weighted by Crippen LogP contribution is -1.94. The molecule has 7 heteroatoms. The maximum atomic E-state index is 10.7. The largest absolute Gasteiger partial charge is 0.477 e. The number of thiophene rings is 1. The molecule has 0 saturated carbocycles. The van der Waals surface area contributed by atoms with E-state index in [0.717, 1.165) is 10.7 Å². The Hall–Kier alpha value is -1.34. The van der Waals surface area contributed by atoms with E-state index in [9.17, 15) is 4.79 Å². The summed E-state index contributed by atoms with van der Waals surface area (Å²) in [5, 5.41) is 18.3. The molecule has 1 N–H and O–H groups in total. The zero-order chi connectivity index (χ0) is 11.5. The molecular weight excluding hydrogens is 246 g/mol. The second-order valence-electron chi connectivity index (χ2n) is 3.10. The van der Waals surface area contributed by atoms with Crippen LogP contribution in [0.25, 0.3) is 0 Å². The van der Waals surface area contributed by atoms with Gasteiger partial charge >= 0.3 is 5.97 Å². The molecule has 0 fully saturated rings. The van der Waals surface area contributed by atoms with Gasteiger partial charge in [-0.15, -0.1) is 33.3 Å². The van der Waals surface area contributed by atoms with Crippen LogP contribution in [0, 0.1) is 0 Å². The first-order valence-corrected chi connectivity index (χ1v) is 6.31. The van der Waals surface area contributed by atoms with Crippen LogP contribution in [-0.4, -0.2) is 25.8 Å². The number of hydrogen-bond donors (Lipinski definition) is 1. The first-order valence-electron chi connectivity index (χ1n) is 4.44. The Bertz CT molecular complexity index is 506. The molecule has 5 nitrogen and oxygen atoms in total. The van der Waals surface area contributed by atoms with Crippen molar-refractivity contribution in [2.45, 2.75) is 10.6 Å². The number of carboxylic acid groups (broad SMARTS) is 1. The van der Waals surface area contributed by atoms with Crippen LogP contribution in [0.3, 0.4) is 0 Å². The van der Waals surface area contributed by atoms with Crippen LogP contribution in [0.15, 0.2) is 22.7 Å². The molecular formula is C9H9N3O2S2. The summed E-state index contributed by atoms with van der Waals surface area (Å²) in [5.74, 6) is 0.676. The van der Waals surface area contributed by atoms with E-state index in [4.69, 9.17) is 5.11 Å². The van der Waals surface area contributed by atoms with Crippen molar-refractivity contribution in [1.29, 1.82) is 0 Å². The minimum atomic E-state index is -0.879. The molecule has 0 aliphatic rings. The molecule has 0 bridgehead atoms. The highest BCUT2D eigenvalue weighted by Gasteiger charge is 2.08. The van der Waals surface area contributed by atoms with Crippen molar-refractivity contribution >= 4 is 29.1 Å². The van der Waals surface area contributed by atoms with Gasteiger partial charge in [-0.3, -0.25) is 0 Å². The Labute approximate surface area is 100 Å². The molecule has 2 heterocycles. The quantitative estimate of drug-likeness (QED) is 0.845. The Morgan fingerprint density at radius 2 is 2.50 bits per heavy atom. The zero-order valence-corrected chi connectivity index (χ0v) is 10.1. The van der Waals surface area contributed by atoms with Gasteiger partial charge in [0.2, 0.25) is 0 Å². The molecule has 0 spiro atoms. The molecule has 2 rings (SSSR count). The number of aromatic carboxylic acids is 1. The maximum absolute atomic E-state index is 10.7. The third-order valence-corrected chi connectivity index (χ3v) is 4.00. The van der Waals surface area contributed by atoms with Gasteiger partial charge in [-0.2, -0.15) is 0 Å². The van der Waals surface area contributed by atoms with Crippen molar-refractivity contribution in [2.75, 3.05) is 0 Å². The Kier molecular flexibility index (Phi) is 3.25. The van der Waals surface area contributed by atoms with Crippen molar-refractivity contribution in [2.24, 2.45) is 7.05 Å². The van der Waals surface area contributed by atoms with Gasteiger partial charge in [-0.25, -0.2) is 4.79 Å². The number of rotatable bonds is 4. The smallest absolute Gasteiger partial charge is 0.345 e. The predicted molar refractivity (Wildman–Crippen MR) is 61.8 cm³/mol. The summed E-state index contributed by atoms with van der Waals surface area (Å²) in [6.45, 7) is 0. The molecule has 0 aliphatic heterocycles. The van der Waals surface area contributed by atoms with E-state index in [1.54, 1.807) is 24.2 Å². The van der Waals surface area contributed by atoms with Gasteiger partial charge in [0.15, 0.2) is 0 Å². The highest BCUT2D eigenvalue weighted by molar-refractivity contribution is 7.98. The number of nitrogens with zero attached hydrogens (tertiary/aromatic N) is 3. The van der Waals surface area contributed by atoms with Crippen LogP contribution in [0.1, 0.15) is 15.5 Å². The van der Waals surface area contributed by atoms with Crippen molar-refractivity contribution in [3.63, 3.8) is 0 Å². The predicted octanol–water partition coefficient (Wildman–Crippen LogP) is 1.87. The van der Waals surface area contributed by atoms with Crippen LogP contribution < -0.4 is 0 Å². The number of aryl methyl sites for hydroxylation is 1. The fourth-order valence-corrected chi connectivity index (χ4v) is 2.95. The van der Waals surface area contributed by atoms with Crippen molar-refractivity contribution in [1.82, 2.24) is 14.8 Å². The zero-order valence-electron chi connectivity index (χ0n) is 8.45. The Balaban J connectivity index is 2.00. The molecule has 16 heavy (non-hydrogen) atoms. The van der Waals surface area contributed by atoms with Crippen LogP contribution in [-0.2, 0) is 12.8 Å². The second kappa shape index (κ2) is 4.67. The molecule has 84 valence electrons. The summed E-state index contributed by atoms with van der Waals surface area (Å²) in [5.41, 5.74) is 0. The molecule has 0 saturated heterocycles. The molecule has 0 aromatic carbocycles. The Morgan fingerprint density at radius 3 is 3.06 bits per heavy atom. The van der Waals surface area contributed by atoms with Gasteiger partial charge in [-0.05, 0) is 6.07 Å². The van der Waals surface area contributed by atoms with E-state index >= 15 is 0 Å². The summed E-state index contributed by atoms with van der Waals surface area (Å²) in [4.78, 5) is 12.0. The van der Waals surface area contributed by atoms with Gasteiger partial charge in [-0.1, -0.05) is 0 Å². The fourth-order valence-electron chi connectivity index (χ4n) is 1.09. The van der Waals surface area contributed by atoms with Crippen molar-refractivity contribution in [3.8, 4) is 0 Å². The number of carbonyl (C=O) groups is 1. The van der Waals surface area contributed by atoms with Gasteiger partial charge in [0.25, 0.3) is 0 Å². The van der Waals surface area contributed by atoms with Gasteiger partial charge < -0.3 is 9.67 Å². The lowest BCUT2D eigenvalue weighted by atomic mass is 10.5. The minimum absolute atomic E-state index is 0.362. The molecule has 2 aromatic rings. The highest BCUT2D eigenvalue weighted by atomic mass is 32.2. The standard InChI is InChI=1S/C9H9N3O2S2/c1-12-5-10-11-8(12)4-15-6-2-7(9(13)14)16-3-6/h2-3,5H,4H2,1H3,(H,13,14). The first kappa shape index (κ1) is 11.2. The molecule has 2 aromatic heterocycles. The number of thioether (sulfide) groups is 1. The summed E-state index contributed by atoms with van der Waals surface area (Å²) in [6, 6.07) is 1.67. The Morgan fingerprint density at radius 1 is 1.69 bits per heavy atom. The van der Waals surface area contributed by atoms with E-state index in [2.05, 4.69) is 10.2 Å². The number of hydrogen-bond acceptors (Lipinski definition) is 5. The van der Waals surface area contributed by atoms with Crippen molar-refractivity contribution < 1.29 is 9.90 Å². The molecule has 0 radical (unpaired) electrons. The second-order valence-corrected chi connectivity index (χ2v) is 5.06. The monoisotopic (exact) mass is 255 g/mol. The average molecular weight is 255 g/mol. The van der Waals surface area contributed by atoms with E-state index in [-0.39, 0.29) is 0 Å². The summed E-state index contributed by atoms with van der Waals surface area (Å²) >= 11 is 2.79. The third-order valence-electron chi connectivity index (χ3n) is 1.96. The third kappa shape index (κ3) is 2.42. The SMILES string of the molecule is Cn1cnnc1CSc1csc(C(=O)O)c1. The molecule has 0 unspecified atom stereocenters. The lowest BCUT2D eigenvalue weighted by molar-refractivity contribution is 0.0702. The molecule has 0 atom stereocenters. The summed E-state index contributed by atoms with van der Waals surface area (Å²) < 4.78 is 1.84. The van der Waals surface area contributed by atoms with Gasteiger partial charge in [0.05, 0.1) is 5.75 Å². The molecule has 0 amide bonds. The number of aromatic nitrogens is 3. The van der Waals surface area contributed by atoms with Gasteiger partial charge in [0, 0.05) is 17.3 Å². The molecule has 0 aliphatic carbocycles. The van der Waals surface area contributed by atoms with Crippen LogP contribution in [0.2, 0.25) is 0 Å². The maximum Gasteiger partial charge on any atom is 0.345 e. The average Bonchev–Trinajstić information content (AvgIpc) is 2.83. The lowest BCUT2D eigenvalue weighted by Gasteiger charge is -1.97. The van der Waals surface area contributed by atoms with E-state index in [0.29, 0.717) is 10.6 Å². The summed E-state index contributed by atoms with van der Waals surface area (Å²) in [7, 11) is 1.88. The minimum Gasteiger partial charge on any atom is -0.477 e. The number of carboxylic acids is 1. The van der Waals surface area contributed by atoms with Gasteiger partial charge in [0.1, 0.15) is 17.0 Å². The van der Waals surface area contributed by atoms with Crippen LogP contribution in [0.5, 0.6) is 0 Å². The van der Waals surface area contributed by atoms with E-state index in [1.165, 1.54) is 11.3 Å². The first-order chi connectivity index (χ1) is 7.66. The van der Waals surface area contributed by atoms with Crippen molar-refractivity contribution in [3.05, 3.63) is 28.5 Å². The van der Waals surface area contributed by atoms with Crippen LogP contribution in [0.4, 0.5) is 0 Å². The van der Waals surface area contributed by atoms with E-state index in [1.807, 2.05) is 17.0 Å². The topological polar surface area (TPSA) is 68.0 Å². The van der Waals surface area contributed by atoms with E-state index < -0.39 is 5.97 Å². The fraction of sp³-hybridized carbons (Fsp3) is 0.222.